The van der Waals surface area contributed by atoms with Gasteiger partial charge in [-0.15, -0.1) is 0 Å². The summed E-state index contributed by atoms with van der Waals surface area (Å²) in [4.78, 5) is 22.2. The Bertz CT molecular complexity index is 418. The van der Waals surface area contributed by atoms with Gasteiger partial charge in [0.2, 0.25) is 0 Å². The van der Waals surface area contributed by atoms with E-state index < -0.39 is 17.4 Å². The number of likely N-dealkylation sites (N-methyl/N-ethyl adjacent to an activating group) is 1. The fourth-order valence-corrected chi connectivity index (χ4v) is 1.29. The van der Waals surface area contributed by atoms with Gasteiger partial charge in [-0.05, 0) is 24.3 Å². The van der Waals surface area contributed by atoms with Crippen LogP contribution in [-0.2, 0) is 4.79 Å². The fraction of sp³-hybridized carbons (Fsp3) is 0.364. The van der Waals surface area contributed by atoms with Crippen molar-refractivity contribution >= 4 is 11.6 Å². The third kappa shape index (κ3) is 4.02. The molecule has 18 heavy (non-hydrogen) atoms. The number of amides is 1. The van der Waals surface area contributed by atoms with E-state index in [0.717, 1.165) is 0 Å². The molecule has 0 aliphatic rings. The van der Waals surface area contributed by atoms with E-state index in [-0.39, 0.29) is 13.2 Å². The van der Waals surface area contributed by atoms with Crippen molar-refractivity contribution in [2.45, 2.75) is 0 Å². The van der Waals surface area contributed by atoms with E-state index in [0.29, 0.717) is 11.4 Å². The van der Waals surface area contributed by atoms with E-state index in [1.165, 1.54) is 11.9 Å². The first-order valence-electron chi connectivity index (χ1n) is 5.26. The first-order valence-corrected chi connectivity index (χ1v) is 5.26. The summed E-state index contributed by atoms with van der Waals surface area (Å²) in [6, 6.07) is 6.48. The van der Waals surface area contributed by atoms with Gasteiger partial charge in [-0.3, -0.25) is 14.9 Å². The van der Waals surface area contributed by atoms with Gasteiger partial charge in [0.1, 0.15) is 12.4 Å². The minimum absolute atomic E-state index is 0.0804. The Balaban J connectivity index is 2.66. The number of anilines is 1. The van der Waals surface area contributed by atoms with Crippen molar-refractivity contribution < 1.29 is 19.6 Å². The Hall–Kier alpha value is -2.15. The van der Waals surface area contributed by atoms with Crippen LogP contribution in [0.2, 0.25) is 0 Å². The van der Waals surface area contributed by atoms with E-state index in [9.17, 15) is 14.9 Å². The summed E-state index contributed by atoms with van der Waals surface area (Å²) in [6.45, 7) is -0.627. The van der Waals surface area contributed by atoms with Crippen molar-refractivity contribution in [3.63, 3.8) is 0 Å². The Morgan fingerprint density at radius 2 is 2.06 bits per heavy atom. The Morgan fingerprint density at radius 1 is 1.44 bits per heavy atom. The van der Waals surface area contributed by atoms with E-state index in [1.807, 2.05) is 0 Å². The number of carbonyl (C=O) groups excluding carboxylic acids is 1. The van der Waals surface area contributed by atoms with Gasteiger partial charge in [-0.1, -0.05) is 0 Å². The Labute approximate surface area is 104 Å². The number of nitro groups is 1. The minimum Gasteiger partial charge on any atom is -0.491 e. The molecule has 0 saturated carbocycles. The molecule has 1 aromatic carbocycles. The molecule has 0 atom stereocenters. The van der Waals surface area contributed by atoms with Crippen molar-refractivity contribution in [2.24, 2.45) is 0 Å². The summed E-state index contributed by atoms with van der Waals surface area (Å²) in [6.07, 6.45) is 0. The summed E-state index contributed by atoms with van der Waals surface area (Å²) >= 11 is 0. The van der Waals surface area contributed by atoms with Crippen LogP contribution < -0.4 is 9.64 Å². The molecule has 0 bridgehead atoms. The van der Waals surface area contributed by atoms with Crippen molar-refractivity contribution in [1.82, 2.24) is 0 Å². The number of rotatable bonds is 6. The fourth-order valence-electron chi connectivity index (χ4n) is 1.29. The highest BCUT2D eigenvalue weighted by Gasteiger charge is 2.16. The van der Waals surface area contributed by atoms with Gasteiger partial charge >= 0.3 is 0 Å². The number of aliphatic hydroxyl groups excluding tert-OH is 1. The van der Waals surface area contributed by atoms with Crippen LogP contribution in [0.25, 0.3) is 0 Å². The van der Waals surface area contributed by atoms with Crippen LogP contribution in [0.15, 0.2) is 24.3 Å². The summed E-state index contributed by atoms with van der Waals surface area (Å²) in [5.74, 6) is -0.0352. The highest BCUT2D eigenvalue weighted by molar-refractivity contribution is 5.93. The molecule has 0 aliphatic carbocycles. The van der Waals surface area contributed by atoms with Crippen LogP contribution >= 0.6 is 0 Å². The highest BCUT2D eigenvalue weighted by Crippen LogP contribution is 2.18. The number of benzene rings is 1. The predicted molar refractivity (Wildman–Crippen MR) is 64.3 cm³/mol. The van der Waals surface area contributed by atoms with Gasteiger partial charge in [0, 0.05) is 17.7 Å². The molecule has 0 fully saturated rings. The number of aliphatic hydroxyl groups is 1. The maximum absolute atomic E-state index is 11.4. The molecule has 7 heteroatoms. The lowest BCUT2D eigenvalue weighted by Gasteiger charge is -2.15. The number of hydrogen-bond acceptors (Lipinski definition) is 5. The average Bonchev–Trinajstić information content (AvgIpc) is 2.35. The Kier molecular flexibility index (Phi) is 5.06. The van der Waals surface area contributed by atoms with Gasteiger partial charge < -0.3 is 14.7 Å². The maximum Gasteiger partial charge on any atom is 0.298 e. The van der Waals surface area contributed by atoms with E-state index in [1.54, 1.807) is 24.3 Å². The second-order valence-corrected chi connectivity index (χ2v) is 3.51. The van der Waals surface area contributed by atoms with Gasteiger partial charge in [0.05, 0.1) is 6.61 Å². The maximum atomic E-state index is 11.4. The molecule has 1 N–H and O–H groups in total. The quantitative estimate of drug-likeness (QED) is 0.582. The monoisotopic (exact) mass is 254 g/mol. The topological polar surface area (TPSA) is 92.9 Å². The van der Waals surface area contributed by atoms with Crippen molar-refractivity contribution in [1.29, 1.82) is 0 Å². The average molecular weight is 254 g/mol. The second kappa shape index (κ2) is 6.55. The van der Waals surface area contributed by atoms with Gasteiger partial charge in [-0.2, -0.15) is 0 Å². The van der Waals surface area contributed by atoms with E-state index in [4.69, 9.17) is 9.84 Å². The molecule has 0 aliphatic heterocycles. The molecular weight excluding hydrogens is 240 g/mol. The highest BCUT2D eigenvalue weighted by atomic mass is 16.6. The molecule has 0 saturated heterocycles. The van der Waals surface area contributed by atoms with Gasteiger partial charge in [-0.25, -0.2) is 0 Å². The van der Waals surface area contributed by atoms with Gasteiger partial charge in [0.25, 0.3) is 12.5 Å². The van der Waals surface area contributed by atoms with Crippen LogP contribution in [0.3, 0.4) is 0 Å². The lowest BCUT2D eigenvalue weighted by Crippen LogP contribution is -2.31. The Morgan fingerprint density at radius 3 is 2.56 bits per heavy atom. The third-order valence-corrected chi connectivity index (χ3v) is 2.22. The normalized spacial score (nSPS) is 9.89. The number of nitrogens with zero attached hydrogens (tertiary/aromatic N) is 2. The molecule has 0 radical (unpaired) electrons. The van der Waals surface area contributed by atoms with Crippen molar-refractivity contribution in [2.75, 3.05) is 31.7 Å². The molecule has 0 spiro atoms. The third-order valence-electron chi connectivity index (χ3n) is 2.22. The molecule has 98 valence electrons. The van der Waals surface area contributed by atoms with E-state index in [2.05, 4.69) is 0 Å². The zero-order valence-electron chi connectivity index (χ0n) is 9.91. The summed E-state index contributed by atoms with van der Waals surface area (Å²) in [5, 5.41) is 18.8. The minimum atomic E-state index is -0.737. The molecule has 1 rings (SSSR count). The number of ether oxygens (including phenoxy) is 1. The van der Waals surface area contributed by atoms with Crippen LogP contribution in [0.5, 0.6) is 5.75 Å². The van der Waals surface area contributed by atoms with Crippen molar-refractivity contribution in [3.8, 4) is 5.75 Å². The standard InChI is InChI=1S/C11H14N2O5/c1-12(11(15)8-13(16)17)9-2-4-10(5-3-9)18-7-6-14/h2-5,14H,6-8H2,1H3. The lowest BCUT2D eigenvalue weighted by atomic mass is 10.3. The molecule has 1 amide bonds. The molecular formula is C11H14N2O5. The molecule has 7 nitrogen and oxygen atoms in total. The molecule has 0 unspecified atom stereocenters. The first-order chi connectivity index (χ1) is 8.54. The summed E-state index contributed by atoms with van der Waals surface area (Å²) in [5.41, 5.74) is 0.540. The van der Waals surface area contributed by atoms with E-state index >= 15 is 0 Å². The van der Waals surface area contributed by atoms with Crippen LogP contribution in [0, 0.1) is 10.1 Å². The number of hydrogen-bond donors (Lipinski definition) is 1. The van der Waals surface area contributed by atoms with Gasteiger partial charge in [0.15, 0.2) is 0 Å². The summed E-state index contributed by atoms with van der Waals surface area (Å²) < 4.78 is 5.15. The summed E-state index contributed by atoms with van der Waals surface area (Å²) in [7, 11) is 1.47. The smallest absolute Gasteiger partial charge is 0.298 e. The van der Waals surface area contributed by atoms with Crippen LogP contribution in [-0.4, -0.2) is 42.7 Å². The zero-order valence-corrected chi connectivity index (χ0v) is 9.91. The lowest BCUT2D eigenvalue weighted by molar-refractivity contribution is -0.467. The second-order valence-electron chi connectivity index (χ2n) is 3.51. The van der Waals surface area contributed by atoms with Crippen LogP contribution in [0.4, 0.5) is 5.69 Å². The van der Waals surface area contributed by atoms with Crippen LogP contribution in [0.1, 0.15) is 0 Å². The first kappa shape index (κ1) is 13.9. The molecule has 1 aromatic rings. The zero-order chi connectivity index (χ0) is 13.5. The molecule has 0 aromatic heterocycles. The number of carbonyl (C=O) groups is 1. The predicted octanol–water partition coefficient (Wildman–Crippen LogP) is 0.297. The molecule has 0 heterocycles. The largest absolute Gasteiger partial charge is 0.491 e. The SMILES string of the molecule is CN(C(=O)C[N+](=O)[O-])c1ccc(OCCO)cc1. The van der Waals surface area contributed by atoms with Crippen molar-refractivity contribution in [3.05, 3.63) is 34.4 Å².